The zero-order chi connectivity index (χ0) is 11.6. The first-order valence-corrected chi connectivity index (χ1v) is 5.35. The Kier molecular flexibility index (Phi) is 2.91. The van der Waals surface area contributed by atoms with Gasteiger partial charge in [0.15, 0.2) is 5.96 Å². The Morgan fingerprint density at radius 1 is 1.62 bits per heavy atom. The molecular weight excluding hydrogens is 230 g/mol. The van der Waals surface area contributed by atoms with Gasteiger partial charge in [-0.2, -0.15) is 0 Å². The standard InChI is InChI=1S/C9H14ClN5O/c1-9(15-8-11-3-4-12-8)13-6(10)5-7(14-9)16-2/h5,13H,3-4H2,1-2H3,(H2,11,12,15)/t9-/m1/s1. The third-order valence-corrected chi connectivity index (χ3v) is 2.40. The summed E-state index contributed by atoms with van der Waals surface area (Å²) in [6, 6.07) is 0. The normalized spacial score (nSPS) is 28.3. The van der Waals surface area contributed by atoms with Gasteiger partial charge in [0.05, 0.1) is 13.7 Å². The maximum atomic E-state index is 5.95. The van der Waals surface area contributed by atoms with Gasteiger partial charge in [-0.15, -0.1) is 0 Å². The smallest absolute Gasteiger partial charge is 0.215 e. The van der Waals surface area contributed by atoms with E-state index in [1.807, 2.05) is 6.92 Å². The van der Waals surface area contributed by atoms with Crippen LogP contribution in [0.4, 0.5) is 0 Å². The molecule has 0 saturated carbocycles. The molecule has 0 fully saturated rings. The molecule has 0 unspecified atom stereocenters. The number of halogens is 1. The molecule has 2 aliphatic rings. The molecule has 0 aromatic heterocycles. The fraction of sp³-hybridized carbons (Fsp3) is 0.556. The van der Waals surface area contributed by atoms with Gasteiger partial charge in [0.1, 0.15) is 5.16 Å². The van der Waals surface area contributed by atoms with Crippen molar-refractivity contribution in [2.24, 2.45) is 9.98 Å². The number of hydrogen-bond acceptors (Lipinski definition) is 6. The number of methoxy groups -OCH3 is 1. The highest BCUT2D eigenvalue weighted by Gasteiger charge is 2.29. The summed E-state index contributed by atoms with van der Waals surface area (Å²) in [4.78, 5) is 8.57. The molecule has 16 heavy (non-hydrogen) atoms. The molecule has 0 radical (unpaired) electrons. The van der Waals surface area contributed by atoms with Gasteiger partial charge in [0.25, 0.3) is 0 Å². The van der Waals surface area contributed by atoms with Gasteiger partial charge in [-0.05, 0) is 6.92 Å². The average Bonchev–Trinajstić information content (AvgIpc) is 2.68. The fourth-order valence-corrected chi connectivity index (χ4v) is 1.81. The van der Waals surface area contributed by atoms with Crippen molar-refractivity contribution in [2.75, 3.05) is 20.2 Å². The van der Waals surface area contributed by atoms with E-state index in [0.717, 1.165) is 13.1 Å². The Hall–Kier alpha value is -1.43. The molecule has 0 amide bonds. The Morgan fingerprint density at radius 3 is 3.06 bits per heavy atom. The minimum absolute atomic E-state index is 0.470. The highest BCUT2D eigenvalue weighted by atomic mass is 35.5. The van der Waals surface area contributed by atoms with Crippen LogP contribution in [-0.4, -0.2) is 37.8 Å². The molecule has 2 rings (SSSR count). The van der Waals surface area contributed by atoms with Gasteiger partial charge in [-0.25, -0.2) is 4.99 Å². The lowest BCUT2D eigenvalue weighted by molar-refractivity contribution is 0.339. The predicted molar refractivity (Wildman–Crippen MR) is 63.4 cm³/mol. The molecule has 2 aliphatic heterocycles. The van der Waals surface area contributed by atoms with Crippen LogP contribution in [0, 0.1) is 0 Å². The molecule has 0 aromatic rings. The third-order valence-electron chi connectivity index (χ3n) is 2.19. The van der Waals surface area contributed by atoms with Crippen molar-refractivity contribution in [1.82, 2.24) is 16.0 Å². The molecule has 0 aromatic carbocycles. The lowest BCUT2D eigenvalue weighted by Gasteiger charge is -2.31. The second-order valence-corrected chi connectivity index (χ2v) is 4.03. The molecule has 2 heterocycles. The van der Waals surface area contributed by atoms with Crippen molar-refractivity contribution in [2.45, 2.75) is 12.7 Å². The molecular formula is C9H14ClN5O. The summed E-state index contributed by atoms with van der Waals surface area (Å²) in [5, 5.41) is 9.71. The summed E-state index contributed by atoms with van der Waals surface area (Å²) in [5.74, 6) is 0.436. The molecule has 6 nitrogen and oxygen atoms in total. The summed E-state index contributed by atoms with van der Waals surface area (Å²) in [7, 11) is 1.55. The lowest BCUT2D eigenvalue weighted by atomic mass is 10.3. The van der Waals surface area contributed by atoms with Gasteiger partial charge in [0, 0.05) is 12.6 Å². The van der Waals surface area contributed by atoms with Crippen LogP contribution in [0.3, 0.4) is 0 Å². The van der Waals surface area contributed by atoms with Gasteiger partial charge in [-0.3, -0.25) is 4.99 Å². The highest BCUT2D eigenvalue weighted by Crippen LogP contribution is 2.14. The van der Waals surface area contributed by atoms with Crippen LogP contribution in [-0.2, 0) is 4.74 Å². The number of rotatable bonds is 1. The highest BCUT2D eigenvalue weighted by molar-refractivity contribution is 6.30. The molecule has 0 aliphatic carbocycles. The second kappa shape index (κ2) is 4.21. The number of ether oxygens (including phenoxy) is 1. The van der Waals surface area contributed by atoms with Gasteiger partial charge >= 0.3 is 0 Å². The van der Waals surface area contributed by atoms with Crippen LogP contribution in [0.15, 0.2) is 21.2 Å². The number of nitrogens with one attached hydrogen (secondary N) is 3. The topological polar surface area (TPSA) is 70.0 Å². The van der Waals surface area contributed by atoms with E-state index in [4.69, 9.17) is 16.3 Å². The van der Waals surface area contributed by atoms with E-state index in [1.54, 1.807) is 13.2 Å². The van der Waals surface area contributed by atoms with Gasteiger partial charge < -0.3 is 20.7 Å². The van der Waals surface area contributed by atoms with E-state index in [2.05, 4.69) is 25.9 Å². The van der Waals surface area contributed by atoms with Crippen molar-refractivity contribution in [3.8, 4) is 0 Å². The number of nitrogens with zero attached hydrogens (tertiary/aromatic N) is 2. The van der Waals surface area contributed by atoms with Gasteiger partial charge in [0.2, 0.25) is 11.7 Å². The zero-order valence-electron chi connectivity index (χ0n) is 9.17. The van der Waals surface area contributed by atoms with E-state index >= 15 is 0 Å². The minimum atomic E-state index is -0.743. The molecule has 0 saturated heterocycles. The van der Waals surface area contributed by atoms with E-state index in [-0.39, 0.29) is 0 Å². The Bertz CT molecular complexity index is 378. The van der Waals surface area contributed by atoms with Gasteiger partial charge in [-0.1, -0.05) is 11.6 Å². The molecule has 3 N–H and O–H groups in total. The molecule has 0 spiro atoms. The number of aliphatic imine (C=N–C) groups is 2. The molecule has 7 heteroatoms. The maximum absolute atomic E-state index is 5.95. The lowest BCUT2D eigenvalue weighted by Crippen LogP contribution is -2.58. The first-order chi connectivity index (χ1) is 7.61. The van der Waals surface area contributed by atoms with Crippen LogP contribution < -0.4 is 16.0 Å². The summed E-state index contributed by atoms with van der Waals surface area (Å²) in [6.45, 7) is 3.45. The molecule has 0 bridgehead atoms. The van der Waals surface area contributed by atoms with Crippen molar-refractivity contribution in [1.29, 1.82) is 0 Å². The average molecular weight is 244 g/mol. The van der Waals surface area contributed by atoms with E-state index in [9.17, 15) is 0 Å². The van der Waals surface area contributed by atoms with Crippen molar-refractivity contribution in [3.63, 3.8) is 0 Å². The second-order valence-electron chi connectivity index (χ2n) is 3.63. The predicted octanol–water partition coefficient (Wildman–Crippen LogP) is -0.0628. The maximum Gasteiger partial charge on any atom is 0.215 e. The molecule has 88 valence electrons. The zero-order valence-corrected chi connectivity index (χ0v) is 9.93. The Labute approximate surface area is 98.8 Å². The van der Waals surface area contributed by atoms with Crippen LogP contribution in [0.2, 0.25) is 0 Å². The van der Waals surface area contributed by atoms with Crippen LogP contribution in [0.25, 0.3) is 0 Å². The minimum Gasteiger partial charge on any atom is -0.481 e. The van der Waals surface area contributed by atoms with E-state index in [0.29, 0.717) is 17.0 Å². The number of guanidine groups is 1. The SMILES string of the molecule is COC1=N[C@](C)(NC2=NCCN2)NC(Cl)=C1. The summed E-state index contributed by atoms with van der Waals surface area (Å²) in [5.41, 5.74) is 0. The van der Waals surface area contributed by atoms with Crippen LogP contribution in [0.5, 0.6) is 0 Å². The third kappa shape index (κ3) is 2.38. The van der Waals surface area contributed by atoms with Crippen molar-refractivity contribution < 1.29 is 4.74 Å². The first kappa shape index (κ1) is 11.1. The summed E-state index contributed by atoms with van der Waals surface area (Å²) in [6.07, 6.45) is 1.62. The largest absolute Gasteiger partial charge is 0.481 e. The van der Waals surface area contributed by atoms with Crippen LogP contribution >= 0.6 is 11.6 Å². The first-order valence-electron chi connectivity index (χ1n) is 4.97. The van der Waals surface area contributed by atoms with Crippen molar-refractivity contribution in [3.05, 3.63) is 11.2 Å². The van der Waals surface area contributed by atoms with Crippen molar-refractivity contribution >= 4 is 23.5 Å². The quantitative estimate of drug-likeness (QED) is 0.565. The van der Waals surface area contributed by atoms with E-state index < -0.39 is 5.79 Å². The summed E-state index contributed by atoms with van der Waals surface area (Å²) >= 11 is 5.95. The fourth-order valence-electron chi connectivity index (χ4n) is 1.53. The Morgan fingerprint density at radius 2 is 2.44 bits per heavy atom. The molecule has 1 atom stereocenters. The Balaban J connectivity index is 2.12. The monoisotopic (exact) mass is 243 g/mol. The number of hydrogen-bond donors (Lipinski definition) is 3. The van der Waals surface area contributed by atoms with Crippen LogP contribution in [0.1, 0.15) is 6.92 Å². The van der Waals surface area contributed by atoms with E-state index in [1.165, 1.54) is 0 Å². The summed E-state index contributed by atoms with van der Waals surface area (Å²) < 4.78 is 5.07.